The molecule has 0 saturated carbocycles. The third-order valence-electron chi connectivity index (χ3n) is 14.0. The van der Waals surface area contributed by atoms with Crippen LogP contribution in [0, 0.1) is 0 Å². The van der Waals surface area contributed by atoms with Crippen molar-refractivity contribution in [2.75, 3.05) is 4.90 Å². The zero-order valence-corrected chi connectivity index (χ0v) is 38.5. The van der Waals surface area contributed by atoms with E-state index in [2.05, 4.69) is 289 Å². The highest BCUT2D eigenvalue weighted by atomic mass is 15.1. The smallest absolute Gasteiger partial charge is 0.0541 e. The van der Waals surface area contributed by atoms with Crippen molar-refractivity contribution in [1.29, 1.82) is 0 Å². The molecule has 12 aromatic carbocycles. The lowest BCUT2D eigenvalue weighted by Gasteiger charge is -2.26. The molecule has 0 amide bonds. The van der Waals surface area contributed by atoms with Crippen molar-refractivity contribution in [3.8, 4) is 61.3 Å². The number of hydrogen-bond donors (Lipinski definition) is 0. The maximum absolute atomic E-state index is 2.38. The van der Waals surface area contributed by atoms with E-state index in [0.29, 0.717) is 0 Å². The van der Waals surface area contributed by atoms with Gasteiger partial charge in [0, 0.05) is 33.5 Å². The number of benzene rings is 12. The van der Waals surface area contributed by atoms with Crippen molar-refractivity contribution in [1.82, 2.24) is 4.57 Å². The molecule has 13 rings (SSSR count). The van der Waals surface area contributed by atoms with Crippen LogP contribution in [0.1, 0.15) is 0 Å². The van der Waals surface area contributed by atoms with Gasteiger partial charge in [0.25, 0.3) is 0 Å². The topological polar surface area (TPSA) is 8.17 Å². The van der Waals surface area contributed by atoms with Crippen molar-refractivity contribution in [3.63, 3.8) is 0 Å². The van der Waals surface area contributed by atoms with Crippen LogP contribution in [0.25, 0.3) is 105 Å². The van der Waals surface area contributed by atoms with Gasteiger partial charge < -0.3 is 9.47 Å². The molecule has 1 aromatic heterocycles. The van der Waals surface area contributed by atoms with Crippen molar-refractivity contribution >= 4 is 60.4 Å². The average Bonchev–Trinajstić information content (AvgIpc) is 3.78. The highest BCUT2D eigenvalue weighted by Gasteiger charge is 2.19. The lowest BCUT2D eigenvalue weighted by molar-refractivity contribution is 1.17. The van der Waals surface area contributed by atoms with Gasteiger partial charge in [-0.25, -0.2) is 0 Å². The Kier molecular flexibility index (Phi) is 10.2. The molecule has 0 atom stereocenters. The number of para-hydroxylation sites is 2. The Morgan fingerprint density at radius 1 is 0.229 bits per heavy atom. The van der Waals surface area contributed by atoms with Gasteiger partial charge in [0.1, 0.15) is 0 Å². The van der Waals surface area contributed by atoms with Gasteiger partial charge in [0.2, 0.25) is 0 Å². The Balaban J connectivity index is 0.893. The second-order valence-corrected chi connectivity index (χ2v) is 18.0. The van der Waals surface area contributed by atoms with E-state index in [1.807, 2.05) is 0 Å². The number of rotatable bonds is 9. The summed E-state index contributed by atoms with van der Waals surface area (Å²) in [5.41, 5.74) is 18.7. The van der Waals surface area contributed by atoms with Gasteiger partial charge >= 0.3 is 0 Å². The predicted octanol–water partition coefficient (Wildman–Crippen LogP) is 18.9. The summed E-state index contributed by atoms with van der Waals surface area (Å²) in [6.45, 7) is 0. The van der Waals surface area contributed by atoms with Crippen LogP contribution in [-0.2, 0) is 0 Å². The van der Waals surface area contributed by atoms with Crippen LogP contribution in [-0.4, -0.2) is 4.57 Å². The molecule has 2 heteroatoms. The highest BCUT2D eigenvalue weighted by Crippen LogP contribution is 2.43. The first-order chi connectivity index (χ1) is 34.7. The second-order valence-electron chi connectivity index (χ2n) is 18.0. The molecule has 0 fully saturated rings. The molecule has 13 aromatic rings. The van der Waals surface area contributed by atoms with Gasteiger partial charge in [-0.3, -0.25) is 0 Å². The van der Waals surface area contributed by atoms with Crippen LogP contribution in [0.2, 0.25) is 0 Å². The van der Waals surface area contributed by atoms with Crippen LogP contribution in [0.15, 0.2) is 279 Å². The number of hydrogen-bond acceptors (Lipinski definition) is 1. The summed E-state index contributed by atoms with van der Waals surface area (Å²) in [5, 5.41) is 7.57. The molecule has 0 aliphatic rings. The molecule has 0 saturated heterocycles. The van der Waals surface area contributed by atoms with Gasteiger partial charge in [-0.05, 0) is 144 Å². The van der Waals surface area contributed by atoms with Crippen LogP contribution >= 0.6 is 0 Å². The quantitative estimate of drug-likeness (QED) is 0.131. The molecular weight excluding hydrogens is 845 g/mol. The Bertz CT molecular complexity index is 3980. The minimum Gasteiger partial charge on any atom is -0.311 e. The van der Waals surface area contributed by atoms with Gasteiger partial charge in [-0.2, -0.15) is 0 Å². The van der Waals surface area contributed by atoms with Crippen molar-refractivity contribution in [2.24, 2.45) is 0 Å². The fraction of sp³-hybridized carbons (Fsp3) is 0. The summed E-state index contributed by atoms with van der Waals surface area (Å²) in [6.07, 6.45) is 0. The highest BCUT2D eigenvalue weighted by molar-refractivity contribution is 6.10. The zero-order valence-electron chi connectivity index (χ0n) is 38.5. The maximum atomic E-state index is 2.38. The van der Waals surface area contributed by atoms with E-state index in [1.165, 1.54) is 93.4 Å². The fourth-order valence-electron chi connectivity index (χ4n) is 10.7. The van der Waals surface area contributed by atoms with Gasteiger partial charge in [-0.1, -0.05) is 212 Å². The monoisotopic (exact) mass is 890 g/mol. The predicted molar refractivity (Wildman–Crippen MR) is 298 cm³/mol. The van der Waals surface area contributed by atoms with E-state index in [4.69, 9.17) is 0 Å². The lowest BCUT2D eigenvalue weighted by Crippen LogP contribution is -2.10. The van der Waals surface area contributed by atoms with Crippen molar-refractivity contribution in [2.45, 2.75) is 0 Å². The van der Waals surface area contributed by atoms with Crippen molar-refractivity contribution < 1.29 is 0 Å². The normalized spacial score (nSPS) is 11.4. The van der Waals surface area contributed by atoms with E-state index in [0.717, 1.165) is 28.3 Å². The summed E-state index contributed by atoms with van der Waals surface area (Å²) in [5.74, 6) is 0. The average molecular weight is 891 g/mol. The maximum Gasteiger partial charge on any atom is 0.0541 e. The van der Waals surface area contributed by atoms with E-state index in [1.54, 1.807) is 0 Å². The molecule has 0 radical (unpaired) electrons. The summed E-state index contributed by atoms with van der Waals surface area (Å²) < 4.78 is 2.38. The summed E-state index contributed by atoms with van der Waals surface area (Å²) in [6, 6.07) is 102. The van der Waals surface area contributed by atoms with E-state index in [9.17, 15) is 0 Å². The third-order valence-corrected chi connectivity index (χ3v) is 14.0. The lowest BCUT2D eigenvalue weighted by atomic mass is 9.87. The largest absolute Gasteiger partial charge is 0.311 e. The molecule has 0 bridgehead atoms. The summed E-state index contributed by atoms with van der Waals surface area (Å²) in [4.78, 5) is 2.37. The van der Waals surface area contributed by atoms with Crippen molar-refractivity contribution in [3.05, 3.63) is 279 Å². The number of nitrogens with zero attached hydrogens (tertiary/aromatic N) is 2. The number of aromatic nitrogens is 1. The van der Waals surface area contributed by atoms with Crippen LogP contribution in [0.5, 0.6) is 0 Å². The molecule has 0 spiro atoms. The first-order valence-electron chi connectivity index (χ1n) is 24.1. The fourth-order valence-corrected chi connectivity index (χ4v) is 10.7. The Hall–Kier alpha value is -9.24. The second kappa shape index (κ2) is 17.4. The van der Waals surface area contributed by atoms with Gasteiger partial charge in [-0.15, -0.1) is 0 Å². The standard InChI is InChI=1S/C68H46N2/c1-2-16-48(17-3-1)58-20-6-8-22-61(58)63-24-10-11-25-64(63)62-23-9-7-21-59(62)50-34-39-54(40-35-50)69(55-41-43-56(44-42-55)70-67-28-14-12-26-65(67)66-27-13-15-29-68(66)70)53-37-32-47(33-38-53)51-36-45-60-52(46-51)31-30-49-18-4-5-19-57(49)60/h1-46H. The SMILES string of the molecule is c1ccc(-c2ccccc2-c2ccccc2-c2ccccc2-c2ccc(N(c3ccc(-c4ccc5c(ccc6ccccc65)c4)cc3)c3ccc(-n4c5ccccc5c5ccccc54)cc3)cc2)cc1. The molecule has 1 heterocycles. The zero-order chi connectivity index (χ0) is 46.4. The molecule has 0 aliphatic heterocycles. The number of fused-ring (bicyclic) bond motifs is 6. The van der Waals surface area contributed by atoms with E-state index < -0.39 is 0 Å². The molecule has 2 nitrogen and oxygen atoms in total. The molecule has 0 aliphatic carbocycles. The minimum absolute atomic E-state index is 1.08. The first kappa shape index (κ1) is 41.0. The molecule has 0 unspecified atom stereocenters. The number of anilines is 3. The Morgan fingerprint density at radius 3 is 1.19 bits per heavy atom. The molecule has 328 valence electrons. The molecular formula is C68H46N2. The third kappa shape index (κ3) is 7.22. The van der Waals surface area contributed by atoms with Crippen LogP contribution in [0.4, 0.5) is 17.1 Å². The van der Waals surface area contributed by atoms with Crippen LogP contribution in [0.3, 0.4) is 0 Å². The molecule has 70 heavy (non-hydrogen) atoms. The van der Waals surface area contributed by atoms with Gasteiger partial charge in [0.05, 0.1) is 11.0 Å². The first-order valence-corrected chi connectivity index (χ1v) is 24.1. The molecule has 0 N–H and O–H groups in total. The van der Waals surface area contributed by atoms with E-state index in [-0.39, 0.29) is 0 Å². The minimum atomic E-state index is 1.08. The van der Waals surface area contributed by atoms with Gasteiger partial charge in [0.15, 0.2) is 0 Å². The summed E-state index contributed by atoms with van der Waals surface area (Å²) in [7, 11) is 0. The Labute approximate surface area is 408 Å². The van der Waals surface area contributed by atoms with E-state index >= 15 is 0 Å². The Morgan fingerprint density at radius 2 is 0.614 bits per heavy atom. The van der Waals surface area contributed by atoms with Crippen LogP contribution < -0.4 is 4.90 Å². The summed E-state index contributed by atoms with van der Waals surface area (Å²) >= 11 is 0.